The fourth-order valence-electron chi connectivity index (χ4n) is 2.50. The van der Waals surface area contributed by atoms with E-state index in [4.69, 9.17) is 4.74 Å². The van der Waals surface area contributed by atoms with Crippen LogP contribution in [0, 0.1) is 11.3 Å². The summed E-state index contributed by atoms with van der Waals surface area (Å²) in [6.45, 7) is 6.79. The molecular weight excluding hydrogens is 226 g/mol. The second-order valence-corrected chi connectivity index (χ2v) is 6.85. The molecule has 1 rings (SSSR count). The van der Waals surface area contributed by atoms with Gasteiger partial charge in [0.1, 0.15) is 6.10 Å². The standard InChI is InChI=1S/C15H29NO2/c1-15(2,3)14(17)18-13-10-8-6-7-9-12(13)11-16(4)5/h12-13H,6-11H2,1-5H3/t12-,13-/m1/s1. The van der Waals surface area contributed by atoms with Gasteiger partial charge in [0.15, 0.2) is 0 Å². The van der Waals surface area contributed by atoms with Gasteiger partial charge in [0, 0.05) is 12.5 Å². The summed E-state index contributed by atoms with van der Waals surface area (Å²) in [5.41, 5.74) is -0.394. The van der Waals surface area contributed by atoms with E-state index in [1.807, 2.05) is 20.8 Å². The first-order valence-corrected chi connectivity index (χ1v) is 7.16. The number of ether oxygens (including phenoxy) is 1. The Bertz CT molecular complexity index is 268. The zero-order valence-corrected chi connectivity index (χ0v) is 12.7. The average molecular weight is 255 g/mol. The van der Waals surface area contributed by atoms with E-state index in [9.17, 15) is 4.79 Å². The maximum atomic E-state index is 12.0. The molecule has 1 saturated carbocycles. The van der Waals surface area contributed by atoms with E-state index >= 15 is 0 Å². The first-order chi connectivity index (χ1) is 8.30. The molecule has 1 aliphatic rings. The highest BCUT2D eigenvalue weighted by Gasteiger charge is 2.31. The molecule has 0 radical (unpaired) electrons. The molecule has 0 saturated heterocycles. The lowest BCUT2D eigenvalue weighted by molar-refractivity contribution is -0.162. The van der Waals surface area contributed by atoms with Crippen LogP contribution in [-0.4, -0.2) is 37.6 Å². The molecule has 3 heteroatoms. The van der Waals surface area contributed by atoms with Gasteiger partial charge in [0.05, 0.1) is 5.41 Å². The van der Waals surface area contributed by atoms with Crippen LogP contribution in [0.25, 0.3) is 0 Å². The Labute approximate surface area is 112 Å². The molecule has 1 aliphatic carbocycles. The molecule has 106 valence electrons. The van der Waals surface area contributed by atoms with Crippen LogP contribution < -0.4 is 0 Å². The molecule has 3 nitrogen and oxygen atoms in total. The maximum Gasteiger partial charge on any atom is 0.311 e. The summed E-state index contributed by atoms with van der Waals surface area (Å²) in [5, 5.41) is 0. The number of esters is 1. The third kappa shape index (κ3) is 4.97. The smallest absolute Gasteiger partial charge is 0.311 e. The van der Waals surface area contributed by atoms with Crippen LogP contribution in [0.1, 0.15) is 52.9 Å². The highest BCUT2D eigenvalue weighted by molar-refractivity contribution is 5.75. The van der Waals surface area contributed by atoms with Crippen molar-refractivity contribution < 1.29 is 9.53 Å². The fourth-order valence-corrected chi connectivity index (χ4v) is 2.50. The number of carbonyl (C=O) groups excluding carboxylic acids is 1. The van der Waals surface area contributed by atoms with E-state index in [1.54, 1.807) is 0 Å². The first-order valence-electron chi connectivity index (χ1n) is 7.16. The summed E-state index contributed by atoms with van der Waals surface area (Å²) in [7, 11) is 4.18. The van der Waals surface area contributed by atoms with Crippen LogP contribution in [0.15, 0.2) is 0 Å². The summed E-state index contributed by atoms with van der Waals surface area (Å²) in [6.07, 6.45) is 6.05. The Balaban J connectivity index is 2.64. The minimum atomic E-state index is -0.394. The van der Waals surface area contributed by atoms with E-state index in [-0.39, 0.29) is 12.1 Å². The van der Waals surface area contributed by atoms with Gasteiger partial charge in [0.2, 0.25) is 0 Å². The van der Waals surface area contributed by atoms with Gasteiger partial charge >= 0.3 is 5.97 Å². The highest BCUT2D eigenvalue weighted by atomic mass is 16.5. The summed E-state index contributed by atoms with van der Waals surface area (Å²) in [6, 6.07) is 0. The molecule has 18 heavy (non-hydrogen) atoms. The number of nitrogens with zero attached hydrogens (tertiary/aromatic N) is 1. The summed E-state index contributed by atoms with van der Waals surface area (Å²) >= 11 is 0. The quantitative estimate of drug-likeness (QED) is 0.573. The Morgan fingerprint density at radius 3 is 2.33 bits per heavy atom. The van der Waals surface area contributed by atoms with Crippen LogP contribution in [0.5, 0.6) is 0 Å². The van der Waals surface area contributed by atoms with Crippen molar-refractivity contribution in [2.75, 3.05) is 20.6 Å². The lowest BCUT2D eigenvalue weighted by Crippen LogP contribution is -2.36. The van der Waals surface area contributed by atoms with E-state index in [1.165, 1.54) is 25.7 Å². The van der Waals surface area contributed by atoms with Gasteiger partial charge in [-0.15, -0.1) is 0 Å². The summed E-state index contributed by atoms with van der Waals surface area (Å²) in [4.78, 5) is 14.2. The Morgan fingerprint density at radius 2 is 1.78 bits per heavy atom. The van der Waals surface area contributed by atoms with Gasteiger partial charge in [-0.2, -0.15) is 0 Å². The van der Waals surface area contributed by atoms with Crippen LogP contribution in [0.3, 0.4) is 0 Å². The molecule has 2 atom stereocenters. The zero-order valence-electron chi connectivity index (χ0n) is 12.7. The molecule has 0 unspecified atom stereocenters. The van der Waals surface area contributed by atoms with Gasteiger partial charge in [0.25, 0.3) is 0 Å². The Hall–Kier alpha value is -0.570. The van der Waals surface area contributed by atoms with Gasteiger partial charge in [-0.05, 0) is 54.1 Å². The van der Waals surface area contributed by atoms with Gasteiger partial charge in [-0.25, -0.2) is 0 Å². The maximum absolute atomic E-state index is 12.0. The number of hydrogen-bond acceptors (Lipinski definition) is 3. The molecule has 0 aromatic heterocycles. The van der Waals surface area contributed by atoms with Gasteiger partial charge in [-0.3, -0.25) is 4.79 Å². The van der Waals surface area contributed by atoms with Crippen molar-refractivity contribution in [1.82, 2.24) is 4.90 Å². The average Bonchev–Trinajstić information content (AvgIpc) is 2.42. The fraction of sp³-hybridized carbons (Fsp3) is 0.933. The van der Waals surface area contributed by atoms with E-state index in [0.29, 0.717) is 5.92 Å². The van der Waals surface area contributed by atoms with Crippen molar-refractivity contribution >= 4 is 5.97 Å². The topological polar surface area (TPSA) is 29.5 Å². The molecule has 0 amide bonds. The molecule has 0 bridgehead atoms. The molecule has 0 aromatic rings. The first kappa shape index (κ1) is 15.5. The predicted octanol–water partition coefficient (Wildman–Crippen LogP) is 3.09. The van der Waals surface area contributed by atoms with Crippen molar-refractivity contribution in [3.8, 4) is 0 Å². The largest absolute Gasteiger partial charge is 0.462 e. The SMILES string of the molecule is CN(C)C[C@H]1CCCCC[C@H]1OC(=O)C(C)(C)C. The van der Waals surface area contributed by atoms with Crippen molar-refractivity contribution in [1.29, 1.82) is 0 Å². The van der Waals surface area contributed by atoms with Crippen molar-refractivity contribution in [2.24, 2.45) is 11.3 Å². The Kier molecular flexibility index (Phi) is 5.64. The van der Waals surface area contributed by atoms with Gasteiger partial charge in [-0.1, -0.05) is 12.8 Å². The lowest BCUT2D eigenvalue weighted by Gasteiger charge is -2.30. The third-order valence-electron chi connectivity index (χ3n) is 3.56. The van der Waals surface area contributed by atoms with Crippen molar-refractivity contribution in [3.63, 3.8) is 0 Å². The Morgan fingerprint density at radius 1 is 1.17 bits per heavy atom. The third-order valence-corrected chi connectivity index (χ3v) is 3.56. The summed E-state index contributed by atoms with van der Waals surface area (Å²) < 4.78 is 5.78. The predicted molar refractivity (Wildman–Crippen MR) is 74.5 cm³/mol. The van der Waals surface area contributed by atoms with E-state index in [2.05, 4.69) is 19.0 Å². The highest BCUT2D eigenvalue weighted by Crippen LogP contribution is 2.28. The molecule has 0 aliphatic heterocycles. The van der Waals surface area contributed by atoms with E-state index in [0.717, 1.165) is 13.0 Å². The van der Waals surface area contributed by atoms with Crippen LogP contribution in [0.4, 0.5) is 0 Å². The van der Waals surface area contributed by atoms with Crippen LogP contribution in [-0.2, 0) is 9.53 Å². The van der Waals surface area contributed by atoms with Crippen molar-refractivity contribution in [3.05, 3.63) is 0 Å². The van der Waals surface area contributed by atoms with Gasteiger partial charge < -0.3 is 9.64 Å². The molecular formula is C15H29NO2. The lowest BCUT2D eigenvalue weighted by atomic mass is 9.94. The second kappa shape index (κ2) is 6.55. The van der Waals surface area contributed by atoms with E-state index < -0.39 is 5.41 Å². The number of rotatable bonds is 3. The minimum absolute atomic E-state index is 0.0573. The molecule has 1 fully saturated rings. The monoisotopic (exact) mass is 255 g/mol. The second-order valence-electron chi connectivity index (χ2n) is 6.85. The number of hydrogen-bond donors (Lipinski definition) is 0. The zero-order chi connectivity index (χ0) is 13.8. The van der Waals surface area contributed by atoms with Crippen LogP contribution in [0.2, 0.25) is 0 Å². The van der Waals surface area contributed by atoms with Crippen LogP contribution >= 0.6 is 0 Å². The molecule has 0 heterocycles. The molecule has 0 N–H and O–H groups in total. The van der Waals surface area contributed by atoms with Crippen molar-refractivity contribution in [2.45, 2.75) is 59.0 Å². The molecule has 0 spiro atoms. The minimum Gasteiger partial charge on any atom is -0.462 e. The molecule has 0 aromatic carbocycles. The number of carbonyl (C=O) groups is 1. The normalized spacial score (nSPS) is 25.9. The summed E-state index contributed by atoms with van der Waals surface area (Å²) in [5.74, 6) is 0.437.